The molecule has 1 aromatic rings. The van der Waals surface area contributed by atoms with Crippen LogP contribution in [0, 0.1) is 0 Å². The van der Waals surface area contributed by atoms with E-state index in [0.717, 1.165) is 17.6 Å². The number of amides is 1. The zero-order valence-electron chi connectivity index (χ0n) is 12.4. The van der Waals surface area contributed by atoms with Crippen molar-refractivity contribution in [3.63, 3.8) is 0 Å². The number of aromatic nitrogens is 1. The first-order valence-corrected chi connectivity index (χ1v) is 8.80. The molecule has 124 valence electrons. The number of carbonyl (C=O) groups is 2. The van der Waals surface area contributed by atoms with Gasteiger partial charge < -0.3 is 9.84 Å². The number of thiazole rings is 1. The fourth-order valence-corrected chi connectivity index (χ4v) is 2.69. The number of nitrogens with one attached hydrogen (secondary N) is 2. The van der Waals surface area contributed by atoms with Crippen molar-refractivity contribution < 1.29 is 27.9 Å². The highest BCUT2D eigenvalue weighted by Crippen LogP contribution is 2.22. The standard InChI is InChI=1S/C11H17N3O6S2/c1-11(2,3)20-10(17)13-9-12-6(5-21-9)7(8(15)16)14-22(4,18)19/h5,7,14H,1-4H3,(H,15,16)(H,12,13,17)/t7-/m1/s1. The van der Waals surface area contributed by atoms with Crippen molar-refractivity contribution in [3.8, 4) is 0 Å². The molecule has 0 aliphatic rings. The molecule has 9 nitrogen and oxygen atoms in total. The number of sulfonamides is 1. The normalized spacial score (nSPS) is 13.5. The van der Waals surface area contributed by atoms with E-state index < -0.39 is 33.7 Å². The third-order valence-corrected chi connectivity index (χ3v) is 3.44. The minimum absolute atomic E-state index is 0.0333. The van der Waals surface area contributed by atoms with E-state index in [1.165, 1.54) is 5.38 Å². The van der Waals surface area contributed by atoms with Gasteiger partial charge in [-0.25, -0.2) is 18.2 Å². The topological polar surface area (TPSA) is 135 Å². The minimum Gasteiger partial charge on any atom is -0.480 e. The quantitative estimate of drug-likeness (QED) is 0.724. The number of carboxylic acid groups (broad SMARTS) is 1. The van der Waals surface area contributed by atoms with Crippen LogP contribution < -0.4 is 10.0 Å². The van der Waals surface area contributed by atoms with Gasteiger partial charge in [-0.15, -0.1) is 11.3 Å². The lowest BCUT2D eigenvalue weighted by atomic mass is 10.2. The lowest BCUT2D eigenvalue weighted by molar-refractivity contribution is -0.139. The van der Waals surface area contributed by atoms with Crippen LogP contribution in [0.25, 0.3) is 0 Å². The number of carbonyl (C=O) groups excluding carboxylic acids is 1. The van der Waals surface area contributed by atoms with Crippen LogP contribution in [0.15, 0.2) is 5.38 Å². The number of ether oxygens (including phenoxy) is 1. The molecule has 0 bridgehead atoms. The van der Waals surface area contributed by atoms with Crippen molar-refractivity contribution in [2.75, 3.05) is 11.6 Å². The average molecular weight is 351 g/mol. The van der Waals surface area contributed by atoms with Crippen molar-refractivity contribution >= 4 is 38.6 Å². The van der Waals surface area contributed by atoms with Gasteiger partial charge in [0.15, 0.2) is 11.2 Å². The molecule has 0 fully saturated rings. The molecule has 1 amide bonds. The van der Waals surface area contributed by atoms with Crippen LogP contribution in [0.1, 0.15) is 32.5 Å². The fourth-order valence-electron chi connectivity index (χ4n) is 1.32. The smallest absolute Gasteiger partial charge is 0.413 e. The van der Waals surface area contributed by atoms with Gasteiger partial charge in [-0.1, -0.05) is 0 Å². The molecule has 1 atom stereocenters. The summed E-state index contributed by atoms with van der Waals surface area (Å²) in [6.45, 7) is 5.07. The zero-order valence-corrected chi connectivity index (χ0v) is 14.0. The summed E-state index contributed by atoms with van der Waals surface area (Å²) in [6, 6.07) is -1.53. The largest absolute Gasteiger partial charge is 0.480 e. The van der Waals surface area contributed by atoms with E-state index in [2.05, 4.69) is 10.3 Å². The zero-order chi connectivity index (χ0) is 17.1. The molecule has 0 aromatic carbocycles. The van der Waals surface area contributed by atoms with Gasteiger partial charge in [0.2, 0.25) is 10.0 Å². The molecule has 11 heteroatoms. The van der Waals surface area contributed by atoms with Crippen LogP contribution in [-0.2, 0) is 19.6 Å². The van der Waals surface area contributed by atoms with Gasteiger partial charge >= 0.3 is 12.1 Å². The number of hydrogen-bond donors (Lipinski definition) is 3. The summed E-state index contributed by atoms with van der Waals surface area (Å²) >= 11 is 0.954. The Bertz CT molecular complexity index is 662. The number of rotatable bonds is 5. The minimum atomic E-state index is -3.73. The van der Waals surface area contributed by atoms with Crippen molar-refractivity contribution in [2.45, 2.75) is 32.4 Å². The summed E-state index contributed by atoms with van der Waals surface area (Å²) in [7, 11) is -3.73. The van der Waals surface area contributed by atoms with E-state index in [1.54, 1.807) is 20.8 Å². The number of nitrogens with zero attached hydrogens (tertiary/aromatic N) is 1. The SMILES string of the molecule is CC(C)(C)OC(=O)Nc1nc([C@@H](NS(C)(=O)=O)C(=O)O)cs1. The first-order valence-electron chi connectivity index (χ1n) is 6.03. The third-order valence-electron chi connectivity index (χ3n) is 2.00. The van der Waals surface area contributed by atoms with Crippen LogP contribution in [0.3, 0.4) is 0 Å². The molecule has 0 unspecified atom stereocenters. The van der Waals surface area contributed by atoms with Crippen LogP contribution in [0.2, 0.25) is 0 Å². The molecule has 1 aromatic heterocycles. The van der Waals surface area contributed by atoms with Crippen LogP contribution in [-0.4, -0.2) is 42.4 Å². The summed E-state index contributed by atoms with van der Waals surface area (Å²) < 4.78 is 29.3. The highest BCUT2D eigenvalue weighted by molar-refractivity contribution is 7.88. The molecule has 0 spiro atoms. The molecular formula is C11H17N3O6S2. The molecule has 1 rings (SSSR count). The number of carboxylic acids is 1. The molecule has 1 heterocycles. The average Bonchev–Trinajstić information content (AvgIpc) is 2.69. The van der Waals surface area contributed by atoms with Crippen LogP contribution in [0.4, 0.5) is 9.93 Å². The predicted molar refractivity (Wildman–Crippen MR) is 80.3 cm³/mol. The lowest BCUT2D eigenvalue weighted by Gasteiger charge is -2.18. The first-order chi connectivity index (χ1) is 9.87. The van der Waals surface area contributed by atoms with E-state index in [9.17, 15) is 18.0 Å². The molecule has 0 aliphatic carbocycles. The third kappa shape index (κ3) is 6.37. The Morgan fingerprint density at radius 1 is 1.41 bits per heavy atom. The molecule has 3 N–H and O–H groups in total. The van der Waals surface area contributed by atoms with Crippen LogP contribution >= 0.6 is 11.3 Å². The van der Waals surface area contributed by atoms with Gasteiger partial charge in [-0.3, -0.25) is 10.1 Å². The number of anilines is 1. The molecule has 0 radical (unpaired) electrons. The van der Waals surface area contributed by atoms with Crippen molar-refractivity contribution in [1.82, 2.24) is 9.71 Å². The van der Waals surface area contributed by atoms with E-state index in [0.29, 0.717) is 0 Å². The molecule has 0 aliphatic heterocycles. The van der Waals surface area contributed by atoms with Gasteiger partial charge in [-0.05, 0) is 20.8 Å². The van der Waals surface area contributed by atoms with E-state index >= 15 is 0 Å². The van der Waals surface area contributed by atoms with E-state index in [4.69, 9.17) is 9.84 Å². The lowest BCUT2D eigenvalue weighted by Crippen LogP contribution is -2.33. The van der Waals surface area contributed by atoms with E-state index in [-0.39, 0.29) is 10.8 Å². The van der Waals surface area contributed by atoms with Gasteiger partial charge in [0.05, 0.1) is 11.9 Å². The summed E-state index contributed by atoms with van der Waals surface area (Å²) in [6.07, 6.45) is 0.103. The summed E-state index contributed by atoms with van der Waals surface area (Å²) in [5.74, 6) is -1.40. The summed E-state index contributed by atoms with van der Waals surface area (Å²) in [4.78, 5) is 26.6. The van der Waals surface area contributed by atoms with E-state index in [1.807, 2.05) is 4.72 Å². The van der Waals surface area contributed by atoms with Gasteiger partial charge in [-0.2, -0.15) is 4.72 Å². The summed E-state index contributed by atoms with van der Waals surface area (Å²) in [5.41, 5.74) is -0.722. The van der Waals surface area contributed by atoms with Crippen molar-refractivity contribution in [2.24, 2.45) is 0 Å². The molecular weight excluding hydrogens is 334 g/mol. The Balaban J connectivity index is 2.85. The monoisotopic (exact) mass is 351 g/mol. The molecule has 0 saturated heterocycles. The molecule has 0 saturated carbocycles. The maximum Gasteiger partial charge on any atom is 0.413 e. The first kappa shape index (κ1) is 18.3. The highest BCUT2D eigenvalue weighted by atomic mass is 32.2. The summed E-state index contributed by atoms with van der Waals surface area (Å²) in [5, 5.41) is 12.9. The van der Waals surface area contributed by atoms with Crippen molar-refractivity contribution in [3.05, 3.63) is 11.1 Å². The highest BCUT2D eigenvalue weighted by Gasteiger charge is 2.26. The Morgan fingerprint density at radius 3 is 2.45 bits per heavy atom. The van der Waals surface area contributed by atoms with Gasteiger partial charge in [0.1, 0.15) is 5.60 Å². The Morgan fingerprint density at radius 2 is 2.00 bits per heavy atom. The maximum absolute atomic E-state index is 11.6. The predicted octanol–water partition coefficient (Wildman–Crippen LogP) is 1.17. The second kappa shape index (κ2) is 6.58. The Labute approximate surface area is 131 Å². The van der Waals surface area contributed by atoms with Gasteiger partial charge in [0, 0.05) is 5.38 Å². The Hall–Kier alpha value is -1.72. The second-order valence-electron chi connectivity index (χ2n) is 5.37. The second-order valence-corrected chi connectivity index (χ2v) is 8.00. The van der Waals surface area contributed by atoms with Crippen molar-refractivity contribution in [1.29, 1.82) is 0 Å². The molecule has 22 heavy (non-hydrogen) atoms. The fraction of sp³-hybridized carbons (Fsp3) is 0.545. The Kier molecular flexibility index (Phi) is 5.49. The van der Waals surface area contributed by atoms with Gasteiger partial charge in [0.25, 0.3) is 0 Å². The maximum atomic E-state index is 11.6. The number of aliphatic carboxylic acids is 1. The van der Waals surface area contributed by atoms with Crippen LogP contribution in [0.5, 0.6) is 0 Å². The number of hydrogen-bond acceptors (Lipinski definition) is 7.